The van der Waals surface area contributed by atoms with Crippen LogP contribution < -0.4 is 0 Å². The Morgan fingerprint density at radius 1 is 1.29 bits per heavy atom. The van der Waals surface area contributed by atoms with Crippen LogP contribution in [-0.4, -0.2) is 28.2 Å². The molecular formula is C14H24O3. The standard InChI is InChI=1S/C14H24O3/c1-8(2)9-6-7-14(3)11(16)5-4-10(15)12(14)13(9)17/h8-9,11-13,16-17H,4-7H2,1-3H3/t9-,11+,12+,13-,14-/m0/s1. The van der Waals surface area contributed by atoms with Crippen LogP contribution in [0.4, 0.5) is 0 Å². The zero-order chi connectivity index (χ0) is 12.8. The summed E-state index contributed by atoms with van der Waals surface area (Å²) in [4.78, 5) is 12.1. The number of hydrogen-bond acceptors (Lipinski definition) is 3. The van der Waals surface area contributed by atoms with Gasteiger partial charge in [0, 0.05) is 11.8 Å². The predicted octanol–water partition coefficient (Wildman–Crippen LogP) is 1.76. The Bertz CT molecular complexity index is 313. The SMILES string of the molecule is CC(C)[C@@H]1CC[C@@]2(C)[C@H](O)CCC(=O)[C@@H]2[C@H]1O. The molecule has 2 aliphatic rings. The van der Waals surface area contributed by atoms with Crippen molar-refractivity contribution in [3.8, 4) is 0 Å². The van der Waals surface area contributed by atoms with Crippen molar-refractivity contribution in [3.63, 3.8) is 0 Å². The number of aliphatic hydroxyl groups excluding tert-OH is 2. The zero-order valence-corrected chi connectivity index (χ0v) is 11.0. The summed E-state index contributed by atoms with van der Waals surface area (Å²) in [5.41, 5.74) is -0.403. The van der Waals surface area contributed by atoms with E-state index in [4.69, 9.17) is 0 Å². The van der Waals surface area contributed by atoms with Crippen LogP contribution in [0.25, 0.3) is 0 Å². The van der Waals surface area contributed by atoms with E-state index in [1.165, 1.54) is 0 Å². The summed E-state index contributed by atoms with van der Waals surface area (Å²) in [6.07, 6.45) is 1.73. The normalized spacial score (nSPS) is 47.1. The van der Waals surface area contributed by atoms with Gasteiger partial charge in [0.2, 0.25) is 0 Å². The molecule has 5 atom stereocenters. The van der Waals surface area contributed by atoms with Gasteiger partial charge >= 0.3 is 0 Å². The van der Waals surface area contributed by atoms with Gasteiger partial charge < -0.3 is 10.2 Å². The molecule has 0 aliphatic heterocycles. The van der Waals surface area contributed by atoms with Gasteiger partial charge in [-0.25, -0.2) is 0 Å². The molecule has 2 rings (SSSR count). The summed E-state index contributed by atoms with van der Waals surface area (Å²) in [6.45, 7) is 6.17. The van der Waals surface area contributed by atoms with Crippen molar-refractivity contribution in [1.82, 2.24) is 0 Å². The third-order valence-corrected chi connectivity index (χ3v) is 5.14. The molecule has 0 aromatic rings. The molecule has 2 saturated carbocycles. The molecular weight excluding hydrogens is 216 g/mol. The Morgan fingerprint density at radius 3 is 2.53 bits per heavy atom. The van der Waals surface area contributed by atoms with Crippen molar-refractivity contribution in [2.75, 3.05) is 0 Å². The molecule has 0 heterocycles. The van der Waals surface area contributed by atoms with Gasteiger partial charge in [-0.3, -0.25) is 4.79 Å². The Hall–Kier alpha value is -0.410. The third kappa shape index (κ3) is 1.93. The van der Waals surface area contributed by atoms with Crippen molar-refractivity contribution in [2.24, 2.45) is 23.2 Å². The van der Waals surface area contributed by atoms with Crippen molar-refractivity contribution < 1.29 is 15.0 Å². The summed E-state index contributed by atoms with van der Waals surface area (Å²) in [6, 6.07) is 0. The highest BCUT2D eigenvalue weighted by atomic mass is 16.3. The number of carbonyl (C=O) groups is 1. The summed E-state index contributed by atoms with van der Waals surface area (Å²) in [5.74, 6) is 0.381. The van der Waals surface area contributed by atoms with E-state index in [9.17, 15) is 15.0 Å². The number of ketones is 1. The molecule has 0 unspecified atom stereocenters. The number of carbonyl (C=O) groups excluding carboxylic acids is 1. The lowest BCUT2D eigenvalue weighted by molar-refractivity contribution is -0.165. The van der Waals surface area contributed by atoms with Crippen LogP contribution in [0.15, 0.2) is 0 Å². The lowest BCUT2D eigenvalue weighted by Gasteiger charge is -2.52. The average Bonchev–Trinajstić information content (AvgIpc) is 2.23. The number of fused-ring (bicyclic) bond motifs is 1. The fourth-order valence-corrected chi connectivity index (χ4v) is 3.87. The van der Waals surface area contributed by atoms with Crippen LogP contribution in [0.2, 0.25) is 0 Å². The molecule has 17 heavy (non-hydrogen) atoms. The van der Waals surface area contributed by atoms with Gasteiger partial charge in [0.05, 0.1) is 18.1 Å². The molecule has 0 spiro atoms. The lowest BCUT2D eigenvalue weighted by Crippen LogP contribution is -2.57. The molecule has 3 nitrogen and oxygen atoms in total. The first kappa shape index (κ1) is 13.0. The zero-order valence-electron chi connectivity index (χ0n) is 11.0. The van der Waals surface area contributed by atoms with Crippen LogP contribution in [0.3, 0.4) is 0 Å². The Kier molecular flexibility index (Phi) is 3.34. The first-order valence-electron chi connectivity index (χ1n) is 6.76. The van der Waals surface area contributed by atoms with Gasteiger partial charge in [-0.1, -0.05) is 20.8 Å². The fourth-order valence-electron chi connectivity index (χ4n) is 3.87. The van der Waals surface area contributed by atoms with E-state index in [1.54, 1.807) is 0 Å². The second kappa shape index (κ2) is 4.36. The first-order chi connectivity index (χ1) is 7.88. The van der Waals surface area contributed by atoms with Crippen LogP contribution in [0.5, 0.6) is 0 Å². The molecule has 0 aromatic heterocycles. The van der Waals surface area contributed by atoms with E-state index in [-0.39, 0.29) is 17.6 Å². The monoisotopic (exact) mass is 240 g/mol. The summed E-state index contributed by atoms with van der Waals surface area (Å²) >= 11 is 0. The van der Waals surface area contributed by atoms with Gasteiger partial charge in [0.25, 0.3) is 0 Å². The molecule has 0 amide bonds. The van der Waals surface area contributed by atoms with Crippen LogP contribution in [0, 0.1) is 23.2 Å². The first-order valence-corrected chi connectivity index (χ1v) is 6.76. The Morgan fingerprint density at radius 2 is 1.94 bits per heavy atom. The summed E-state index contributed by atoms with van der Waals surface area (Å²) < 4.78 is 0. The van der Waals surface area contributed by atoms with E-state index in [1.807, 2.05) is 6.92 Å². The molecule has 98 valence electrons. The molecule has 2 N–H and O–H groups in total. The third-order valence-electron chi connectivity index (χ3n) is 5.14. The topological polar surface area (TPSA) is 57.5 Å². The fraction of sp³-hybridized carbons (Fsp3) is 0.929. The quantitative estimate of drug-likeness (QED) is 0.734. The molecule has 0 aromatic carbocycles. The molecule has 0 saturated heterocycles. The molecule has 3 heteroatoms. The summed E-state index contributed by atoms with van der Waals surface area (Å²) in [5, 5.41) is 20.6. The van der Waals surface area contributed by atoms with Gasteiger partial charge in [0.15, 0.2) is 0 Å². The van der Waals surface area contributed by atoms with Crippen LogP contribution in [-0.2, 0) is 4.79 Å². The second-order valence-electron chi connectivity index (χ2n) is 6.44. The van der Waals surface area contributed by atoms with Gasteiger partial charge in [-0.15, -0.1) is 0 Å². The number of aliphatic hydroxyl groups is 2. The summed E-state index contributed by atoms with van der Waals surface area (Å²) in [7, 11) is 0. The van der Waals surface area contributed by atoms with E-state index in [2.05, 4.69) is 13.8 Å². The largest absolute Gasteiger partial charge is 0.393 e. The number of rotatable bonds is 1. The van der Waals surface area contributed by atoms with Crippen molar-refractivity contribution >= 4 is 5.78 Å². The van der Waals surface area contributed by atoms with Crippen LogP contribution in [0.1, 0.15) is 46.5 Å². The number of Topliss-reactive ketones (excluding diaryl/α,β-unsaturated/α-hetero) is 1. The maximum Gasteiger partial charge on any atom is 0.139 e. The maximum absolute atomic E-state index is 12.1. The van der Waals surface area contributed by atoms with E-state index in [0.29, 0.717) is 18.8 Å². The lowest BCUT2D eigenvalue weighted by atomic mass is 9.54. The Balaban J connectivity index is 2.29. The van der Waals surface area contributed by atoms with Gasteiger partial charge in [-0.05, 0) is 31.1 Å². The minimum Gasteiger partial charge on any atom is -0.393 e. The van der Waals surface area contributed by atoms with Gasteiger partial charge in [0.1, 0.15) is 5.78 Å². The highest BCUT2D eigenvalue weighted by Gasteiger charge is 2.55. The maximum atomic E-state index is 12.1. The van der Waals surface area contributed by atoms with Crippen LogP contribution >= 0.6 is 0 Å². The van der Waals surface area contributed by atoms with Gasteiger partial charge in [-0.2, -0.15) is 0 Å². The molecule has 2 aliphatic carbocycles. The van der Waals surface area contributed by atoms with E-state index in [0.717, 1.165) is 12.8 Å². The van der Waals surface area contributed by atoms with Crippen molar-refractivity contribution in [2.45, 2.75) is 58.7 Å². The number of hydrogen-bond donors (Lipinski definition) is 2. The van der Waals surface area contributed by atoms with E-state index >= 15 is 0 Å². The second-order valence-corrected chi connectivity index (χ2v) is 6.44. The average molecular weight is 240 g/mol. The minimum absolute atomic E-state index is 0.149. The minimum atomic E-state index is -0.573. The molecule has 0 bridgehead atoms. The van der Waals surface area contributed by atoms with Crippen molar-refractivity contribution in [1.29, 1.82) is 0 Å². The highest BCUT2D eigenvalue weighted by molar-refractivity contribution is 5.83. The highest BCUT2D eigenvalue weighted by Crippen LogP contribution is 2.51. The Labute approximate surface area is 103 Å². The molecule has 0 radical (unpaired) electrons. The van der Waals surface area contributed by atoms with E-state index < -0.39 is 17.6 Å². The predicted molar refractivity (Wildman–Crippen MR) is 65.4 cm³/mol. The molecule has 2 fully saturated rings. The van der Waals surface area contributed by atoms with Crippen molar-refractivity contribution in [3.05, 3.63) is 0 Å². The smallest absolute Gasteiger partial charge is 0.139 e.